The molecule has 2 amide bonds. The second-order valence-corrected chi connectivity index (χ2v) is 7.74. The molecule has 0 spiro atoms. The SMILES string of the molecule is CC(=O)N(C)C1CCN(CC(=O)Nc2ccc(OCc3cccc(Cl)c3)cc2)C1. The van der Waals surface area contributed by atoms with Gasteiger partial charge in [-0.25, -0.2) is 0 Å². The fourth-order valence-corrected chi connectivity index (χ4v) is 3.57. The lowest BCUT2D eigenvalue weighted by Crippen LogP contribution is -2.39. The van der Waals surface area contributed by atoms with Crippen molar-refractivity contribution in [1.29, 1.82) is 0 Å². The van der Waals surface area contributed by atoms with E-state index in [0.29, 0.717) is 18.2 Å². The van der Waals surface area contributed by atoms with Gasteiger partial charge in [0.1, 0.15) is 12.4 Å². The molecule has 3 rings (SSSR count). The summed E-state index contributed by atoms with van der Waals surface area (Å²) in [4.78, 5) is 27.6. The zero-order valence-electron chi connectivity index (χ0n) is 16.7. The number of nitrogens with zero attached hydrogens (tertiary/aromatic N) is 2. The van der Waals surface area contributed by atoms with Crippen LogP contribution in [0.2, 0.25) is 5.02 Å². The van der Waals surface area contributed by atoms with Crippen LogP contribution < -0.4 is 10.1 Å². The smallest absolute Gasteiger partial charge is 0.238 e. The standard InChI is InChI=1S/C22H26ClN3O3/c1-16(27)25(2)20-10-11-26(13-20)14-22(28)24-19-6-8-21(9-7-19)29-15-17-4-3-5-18(23)12-17/h3-9,12,20H,10-11,13-15H2,1-2H3,(H,24,28). The molecule has 1 aliphatic heterocycles. The lowest BCUT2D eigenvalue weighted by molar-refractivity contribution is -0.129. The number of anilines is 1. The molecule has 0 aromatic heterocycles. The number of hydrogen-bond donors (Lipinski definition) is 1. The summed E-state index contributed by atoms with van der Waals surface area (Å²) < 4.78 is 5.76. The van der Waals surface area contributed by atoms with E-state index in [9.17, 15) is 9.59 Å². The monoisotopic (exact) mass is 415 g/mol. The van der Waals surface area contributed by atoms with Crippen molar-refractivity contribution in [3.8, 4) is 5.75 Å². The quantitative estimate of drug-likeness (QED) is 0.752. The molecule has 2 aromatic carbocycles. The molecule has 7 heteroatoms. The van der Waals surface area contributed by atoms with Gasteiger partial charge in [0.25, 0.3) is 0 Å². The minimum absolute atomic E-state index is 0.0546. The van der Waals surface area contributed by atoms with Crippen LogP contribution in [-0.2, 0) is 16.2 Å². The molecule has 1 unspecified atom stereocenters. The molecule has 0 aliphatic carbocycles. The summed E-state index contributed by atoms with van der Waals surface area (Å²) in [5.41, 5.74) is 1.72. The van der Waals surface area contributed by atoms with E-state index >= 15 is 0 Å². The van der Waals surface area contributed by atoms with Gasteiger partial charge < -0.3 is 15.0 Å². The van der Waals surface area contributed by atoms with Crippen LogP contribution in [0.3, 0.4) is 0 Å². The van der Waals surface area contributed by atoms with Gasteiger partial charge in [-0.3, -0.25) is 14.5 Å². The number of carbonyl (C=O) groups is 2. The number of benzene rings is 2. The fourth-order valence-electron chi connectivity index (χ4n) is 3.36. The Kier molecular flexibility index (Phi) is 7.12. The Morgan fingerprint density at radius 2 is 2.00 bits per heavy atom. The Morgan fingerprint density at radius 3 is 2.69 bits per heavy atom. The first-order valence-electron chi connectivity index (χ1n) is 9.63. The average Bonchev–Trinajstić information content (AvgIpc) is 3.15. The summed E-state index contributed by atoms with van der Waals surface area (Å²) in [5.74, 6) is 0.709. The highest BCUT2D eigenvalue weighted by Gasteiger charge is 2.27. The Balaban J connectivity index is 1.44. The first-order valence-corrected chi connectivity index (χ1v) is 10.0. The maximum atomic E-state index is 12.3. The summed E-state index contributed by atoms with van der Waals surface area (Å²) in [6.07, 6.45) is 0.891. The number of halogens is 1. The topological polar surface area (TPSA) is 61.9 Å². The summed E-state index contributed by atoms with van der Waals surface area (Å²) in [6.45, 7) is 3.84. The van der Waals surface area contributed by atoms with E-state index in [-0.39, 0.29) is 17.9 Å². The minimum atomic E-state index is -0.0660. The Hall–Kier alpha value is -2.57. The summed E-state index contributed by atoms with van der Waals surface area (Å²) in [6, 6.07) is 15.0. The number of ether oxygens (including phenoxy) is 1. The first-order chi connectivity index (χ1) is 13.9. The molecule has 1 atom stereocenters. The van der Waals surface area contributed by atoms with E-state index in [2.05, 4.69) is 10.2 Å². The zero-order valence-corrected chi connectivity index (χ0v) is 17.5. The van der Waals surface area contributed by atoms with Crippen molar-refractivity contribution in [3.63, 3.8) is 0 Å². The third-order valence-electron chi connectivity index (χ3n) is 5.09. The van der Waals surface area contributed by atoms with Crippen LogP contribution in [0.25, 0.3) is 0 Å². The third-order valence-corrected chi connectivity index (χ3v) is 5.33. The van der Waals surface area contributed by atoms with Crippen molar-refractivity contribution in [2.75, 3.05) is 32.0 Å². The van der Waals surface area contributed by atoms with Gasteiger partial charge in [-0.2, -0.15) is 0 Å². The molecular formula is C22H26ClN3O3. The molecule has 1 fully saturated rings. The predicted molar refractivity (Wildman–Crippen MR) is 114 cm³/mol. The number of carbonyl (C=O) groups excluding carboxylic acids is 2. The summed E-state index contributed by atoms with van der Waals surface area (Å²) >= 11 is 5.98. The Bertz CT molecular complexity index is 857. The molecule has 1 aliphatic rings. The largest absolute Gasteiger partial charge is 0.489 e. The summed E-state index contributed by atoms with van der Waals surface area (Å²) in [7, 11) is 1.81. The maximum Gasteiger partial charge on any atom is 0.238 e. The molecular weight excluding hydrogens is 390 g/mol. The Labute approximate surface area is 176 Å². The number of nitrogens with one attached hydrogen (secondary N) is 1. The van der Waals surface area contributed by atoms with E-state index in [1.54, 1.807) is 11.8 Å². The van der Waals surface area contributed by atoms with Gasteiger partial charge in [-0.15, -0.1) is 0 Å². The molecule has 2 aromatic rings. The molecule has 0 bridgehead atoms. The minimum Gasteiger partial charge on any atom is -0.489 e. The maximum absolute atomic E-state index is 12.3. The van der Waals surface area contributed by atoms with Gasteiger partial charge in [-0.1, -0.05) is 23.7 Å². The van der Waals surface area contributed by atoms with Gasteiger partial charge in [-0.05, 0) is 48.4 Å². The molecule has 6 nitrogen and oxygen atoms in total. The normalized spacial score (nSPS) is 16.4. The molecule has 0 saturated carbocycles. The highest BCUT2D eigenvalue weighted by atomic mass is 35.5. The number of rotatable bonds is 7. The lowest BCUT2D eigenvalue weighted by Gasteiger charge is -2.23. The number of likely N-dealkylation sites (N-methyl/N-ethyl adjacent to an activating group) is 1. The highest BCUT2D eigenvalue weighted by Crippen LogP contribution is 2.19. The van der Waals surface area contributed by atoms with Gasteiger partial charge >= 0.3 is 0 Å². The van der Waals surface area contributed by atoms with Crippen molar-refractivity contribution < 1.29 is 14.3 Å². The Morgan fingerprint density at radius 1 is 1.24 bits per heavy atom. The summed E-state index contributed by atoms with van der Waals surface area (Å²) in [5, 5.41) is 3.59. The molecule has 1 heterocycles. The van der Waals surface area contributed by atoms with E-state index < -0.39 is 0 Å². The number of amides is 2. The van der Waals surface area contributed by atoms with E-state index in [1.807, 2.05) is 55.6 Å². The van der Waals surface area contributed by atoms with Gasteiger partial charge in [0.15, 0.2) is 0 Å². The van der Waals surface area contributed by atoms with Crippen molar-refractivity contribution in [2.24, 2.45) is 0 Å². The third kappa shape index (κ3) is 6.21. The van der Waals surface area contributed by atoms with E-state index in [0.717, 1.165) is 36.5 Å². The van der Waals surface area contributed by atoms with Crippen LogP contribution >= 0.6 is 11.6 Å². The van der Waals surface area contributed by atoms with Crippen molar-refractivity contribution >= 4 is 29.1 Å². The fraction of sp³-hybridized carbons (Fsp3) is 0.364. The zero-order chi connectivity index (χ0) is 20.8. The van der Waals surface area contributed by atoms with E-state index in [4.69, 9.17) is 16.3 Å². The van der Waals surface area contributed by atoms with Crippen LogP contribution in [-0.4, -0.2) is 54.3 Å². The van der Waals surface area contributed by atoms with Gasteiger partial charge in [0, 0.05) is 43.8 Å². The van der Waals surface area contributed by atoms with Crippen LogP contribution in [0.15, 0.2) is 48.5 Å². The lowest BCUT2D eigenvalue weighted by atomic mass is 10.2. The highest BCUT2D eigenvalue weighted by molar-refractivity contribution is 6.30. The second-order valence-electron chi connectivity index (χ2n) is 7.30. The van der Waals surface area contributed by atoms with Gasteiger partial charge in [0.2, 0.25) is 11.8 Å². The van der Waals surface area contributed by atoms with Gasteiger partial charge in [0.05, 0.1) is 6.54 Å². The molecule has 1 N–H and O–H groups in total. The van der Waals surface area contributed by atoms with E-state index in [1.165, 1.54) is 0 Å². The second kappa shape index (κ2) is 9.76. The van der Waals surface area contributed by atoms with Crippen molar-refractivity contribution in [2.45, 2.75) is 26.0 Å². The molecule has 1 saturated heterocycles. The van der Waals surface area contributed by atoms with Crippen LogP contribution in [0.1, 0.15) is 18.9 Å². The van der Waals surface area contributed by atoms with Crippen molar-refractivity contribution in [1.82, 2.24) is 9.80 Å². The number of hydrogen-bond acceptors (Lipinski definition) is 4. The van der Waals surface area contributed by atoms with Crippen LogP contribution in [0.5, 0.6) is 5.75 Å². The number of likely N-dealkylation sites (tertiary alicyclic amines) is 1. The predicted octanol–water partition coefficient (Wildman–Crippen LogP) is 3.41. The molecule has 29 heavy (non-hydrogen) atoms. The van der Waals surface area contributed by atoms with Crippen molar-refractivity contribution in [3.05, 3.63) is 59.1 Å². The average molecular weight is 416 g/mol. The first kappa shape index (κ1) is 21.1. The van der Waals surface area contributed by atoms with Crippen LogP contribution in [0, 0.1) is 0 Å². The molecule has 0 radical (unpaired) electrons. The van der Waals surface area contributed by atoms with Crippen LogP contribution in [0.4, 0.5) is 5.69 Å². The molecule has 154 valence electrons.